The van der Waals surface area contributed by atoms with E-state index in [0.717, 1.165) is 30.8 Å². The van der Waals surface area contributed by atoms with Crippen molar-refractivity contribution in [1.82, 2.24) is 19.4 Å². The molecule has 0 unspecified atom stereocenters. The average molecular weight is 319 g/mol. The highest BCUT2D eigenvalue weighted by molar-refractivity contribution is 4.94. The van der Waals surface area contributed by atoms with Gasteiger partial charge in [-0.1, -0.05) is 13.8 Å². The number of rotatable bonds is 6. The minimum absolute atomic E-state index is 0.802. The predicted molar refractivity (Wildman–Crippen MR) is 95.3 cm³/mol. The number of aromatic nitrogens is 2. The van der Waals surface area contributed by atoms with Gasteiger partial charge in [0, 0.05) is 32.0 Å². The molecular formula is C19H34N4. The van der Waals surface area contributed by atoms with E-state index in [9.17, 15) is 0 Å². The normalized spacial score (nSPS) is 24.8. The third kappa shape index (κ3) is 4.36. The van der Waals surface area contributed by atoms with Gasteiger partial charge in [-0.25, -0.2) is 4.98 Å². The van der Waals surface area contributed by atoms with Crippen molar-refractivity contribution in [2.24, 2.45) is 17.8 Å². The van der Waals surface area contributed by atoms with Crippen molar-refractivity contribution in [3.63, 3.8) is 0 Å². The molecule has 4 heteroatoms. The smallest absolute Gasteiger partial charge is 0.122 e. The van der Waals surface area contributed by atoms with Crippen LogP contribution in [0.1, 0.15) is 45.9 Å². The first-order valence-electron chi connectivity index (χ1n) is 9.60. The monoisotopic (exact) mass is 318 g/mol. The fourth-order valence-corrected chi connectivity index (χ4v) is 4.49. The van der Waals surface area contributed by atoms with Gasteiger partial charge in [0.2, 0.25) is 0 Å². The van der Waals surface area contributed by atoms with Gasteiger partial charge in [-0.3, -0.25) is 4.90 Å². The Balaban J connectivity index is 1.45. The number of hydrogen-bond acceptors (Lipinski definition) is 3. The van der Waals surface area contributed by atoms with Crippen LogP contribution in [0, 0.1) is 17.8 Å². The van der Waals surface area contributed by atoms with Crippen LogP contribution in [-0.4, -0.2) is 52.1 Å². The van der Waals surface area contributed by atoms with Crippen LogP contribution in [-0.2, 0) is 13.1 Å². The van der Waals surface area contributed by atoms with Crippen LogP contribution in [0.15, 0.2) is 12.4 Å². The SMILES string of the molecule is CCn1ccnc1CN1CC[C@H](C2CCN(CC(C)C)CC2)C1. The summed E-state index contributed by atoms with van der Waals surface area (Å²) in [5, 5.41) is 0. The standard InChI is InChI=1S/C19H34N4/c1-4-23-12-8-20-19(23)15-22-11-7-18(14-22)17-5-9-21(10-6-17)13-16(2)3/h8,12,16-18H,4-7,9-11,13-15H2,1-3H3/t18-/m0/s1. The molecule has 2 fully saturated rings. The van der Waals surface area contributed by atoms with Crippen molar-refractivity contribution in [2.75, 3.05) is 32.7 Å². The topological polar surface area (TPSA) is 24.3 Å². The summed E-state index contributed by atoms with van der Waals surface area (Å²) in [6.45, 7) is 15.4. The second kappa shape index (κ2) is 7.80. The molecule has 130 valence electrons. The van der Waals surface area contributed by atoms with Crippen molar-refractivity contribution >= 4 is 0 Å². The highest BCUT2D eigenvalue weighted by Crippen LogP contribution is 2.32. The van der Waals surface area contributed by atoms with Crippen LogP contribution < -0.4 is 0 Å². The third-order valence-electron chi connectivity index (χ3n) is 5.74. The lowest BCUT2D eigenvalue weighted by Crippen LogP contribution is -2.38. The van der Waals surface area contributed by atoms with E-state index in [4.69, 9.17) is 0 Å². The zero-order valence-electron chi connectivity index (χ0n) is 15.2. The lowest BCUT2D eigenvalue weighted by molar-refractivity contribution is 0.135. The van der Waals surface area contributed by atoms with Gasteiger partial charge in [0.15, 0.2) is 0 Å². The first-order valence-corrected chi connectivity index (χ1v) is 9.60. The molecule has 1 aromatic heterocycles. The molecule has 3 rings (SSSR count). The summed E-state index contributed by atoms with van der Waals surface area (Å²) in [6, 6.07) is 0. The quantitative estimate of drug-likeness (QED) is 0.805. The molecule has 0 N–H and O–H groups in total. The Labute approximate surface area is 141 Å². The predicted octanol–water partition coefficient (Wildman–Crippen LogP) is 3.09. The maximum atomic E-state index is 4.54. The Hall–Kier alpha value is -0.870. The van der Waals surface area contributed by atoms with E-state index < -0.39 is 0 Å². The molecule has 2 aliphatic heterocycles. The molecule has 0 spiro atoms. The molecular weight excluding hydrogens is 284 g/mol. The fourth-order valence-electron chi connectivity index (χ4n) is 4.49. The van der Waals surface area contributed by atoms with E-state index in [2.05, 4.69) is 46.3 Å². The lowest BCUT2D eigenvalue weighted by atomic mass is 9.83. The molecule has 0 aliphatic carbocycles. The molecule has 1 aromatic rings. The van der Waals surface area contributed by atoms with Crippen molar-refractivity contribution in [3.8, 4) is 0 Å². The van der Waals surface area contributed by atoms with E-state index in [1.165, 1.54) is 57.8 Å². The highest BCUT2D eigenvalue weighted by atomic mass is 15.2. The van der Waals surface area contributed by atoms with Gasteiger partial charge in [0.05, 0.1) is 6.54 Å². The zero-order valence-corrected chi connectivity index (χ0v) is 15.2. The van der Waals surface area contributed by atoms with Crippen LogP contribution >= 0.6 is 0 Å². The summed E-state index contributed by atoms with van der Waals surface area (Å²) in [7, 11) is 0. The molecule has 2 saturated heterocycles. The van der Waals surface area contributed by atoms with Gasteiger partial charge in [-0.05, 0) is 63.6 Å². The van der Waals surface area contributed by atoms with Gasteiger partial charge in [0.25, 0.3) is 0 Å². The maximum Gasteiger partial charge on any atom is 0.122 e. The van der Waals surface area contributed by atoms with E-state index in [0.29, 0.717) is 0 Å². The van der Waals surface area contributed by atoms with E-state index >= 15 is 0 Å². The Morgan fingerprint density at radius 1 is 1.09 bits per heavy atom. The summed E-state index contributed by atoms with van der Waals surface area (Å²) in [5.41, 5.74) is 0. The van der Waals surface area contributed by atoms with Gasteiger partial charge in [-0.15, -0.1) is 0 Å². The number of nitrogens with zero attached hydrogens (tertiary/aromatic N) is 4. The third-order valence-corrected chi connectivity index (χ3v) is 5.74. The fraction of sp³-hybridized carbons (Fsp3) is 0.842. The summed E-state index contributed by atoms with van der Waals surface area (Å²) < 4.78 is 2.28. The number of hydrogen-bond donors (Lipinski definition) is 0. The van der Waals surface area contributed by atoms with Crippen LogP contribution in [0.2, 0.25) is 0 Å². The van der Waals surface area contributed by atoms with Gasteiger partial charge < -0.3 is 9.47 Å². The number of imidazole rings is 1. The molecule has 0 amide bonds. The minimum Gasteiger partial charge on any atom is -0.334 e. The molecule has 4 nitrogen and oxygen atoms in total. The summed E-state index contributed by atoms with van der Waals surface area (Å²) in [4.78, 5) is 9.84. The van der Waals surface area contributed by atoms with Crippen LogP contribution in [0.5, 0.6) is 0 Å². The molecule has 0 bridgehead atoms. The second-order valence-electron chi connectivity index (χ2n) is 7.95. The molecule has 3 heterocycles. The first-order chi connectivity index (χ1) is 11.2. The maximum absolute atomic E-state index is 4.54. The Morgan fingerprint density at radius 3 is 2.48 bits per heavy atom. The first kappa shape index (κ1) is 17.0. The lowest BCUT2D eigenvalue weighted by Gasteiger charge is -2.35. The van der Waals surface area contributed by atoms with E-state index in [1.54, 1.807) is 0 Å². The second-order valence-corrected chi connectivity index (χ2v) is 7.95. The van der Waals surface area contributed by atoms with Gasteiger partial charge >= 0.3 is 0 Å². The molecule has 0 radical (unpaired) electrons. The van der Waals surface area contributed by atoms with Crippen LogP contribution in [0.3, 0.4) is 0 Å². The molecule has 0 saturated carbocycles. The summed E-state index contributed by atoms with van der Waals surface area (Å²) in [6.07, 6.45) is 8.26. The van der Waals surface area contributed by atoms with E-state index in [1.807, 2.05) is 6.20 Å². The number of piperidine rings is 1. The summed E-state index contributed by atoms with van der Waals surface area (Å²) >= 11 is 0. The van der Waals surface area contributed by atoms with Crippen LogP contribution in [0.25, 0.3) is 0 Å². The van der Waals surface area contributed by atoms with Gasteiger partial charge in [0.1, 0.15) is 5.82 Å². The number of aryl methyl sites for hydroxylation is 1. The van der Waals surface area contributed by atoms with Crippen molar-refractivity contribution < 1.29 is 0 Å². The van der Waals surface area contributed by atoms with Crippen LogP contribution in [0.4, 0.5) is 0 Å². The van der Waals surface area contributed by atoms with Crippen molar-refractivity contribution in [1.29, 1.82) is 0 Å². The molecule has 23 heavy (non-hydrogen) atoms. The molecule has 0 aromatic carbocycles. The average Bonchev–Trinajstić information content (AvgIpc) is 3.17. The van der Waals surface area contributed by atoms with Gasteiger partial charge in [-0.2, -0.15) is 0 Å². The number of likely N-dealkylation sites (tertiary alicyclic amines) is 2. The van der Waals surface area contributed by atoms with Crippen molar-refractivity contribution in [2.45, 2.75) is 53.1 Å². The van der Waals surface area contributed by atoms with Crippen molar-refractivity contribution in [3.05, 3.63) is 18.2 Å². The minimum atomic E-state index is 0.802. The zero-order chi connectivity index (χ0) is 16.2. The summed E-state index contributed by atoms with van der Waals surface area (Å²) in [5.74, 6) is 3.91. The Kier molecular flexibility index (Phi) is 5.76. The largest absolute Gasteiger partial charge is 0.334 e. The molecule has 1 atom stereocenters. The Bertz CT molecular complexity index is 473. The van der Waals surface area contributed by atoms with E-state index in [-0.39, 0.29) is 0 Å². The molecule has 2 aliphatic rings. The Morgan fingerprint density at radius 2 is 1.78 bits per heavy atom. The highest BCUT2D eigenvalue weighted by Gasteiger charge is 2.32.